The van der Waals surface area contributed by atoms with E-state index in [4.69, 9.17) is 4.74 Å². The van der Waals surface area contributed by atoms with Crippen LogP contribution in [-0.2, 0) is 0 Å². The van der Waals surface area contributed by atoms with Crippen LogP contribution in [0.4, 0.5) is 0 Å². The van der Waals surface area contributed by atoms with Gasteiger partial charge in [-0.2, -0.15) is 0 Å². The number of carbonyl (C=O) groups is 2. The van der Waals surface area contributed by atoms with Crippen LogP contribution in [0.5, 0.6) is 11.5 Å². The predicted molar refractivity (Wildman–Crippen MR) is 96.3 cm³/mol. The molecular weight excluding hydrogens is 316 g/mol. The average molecular weight is 338 g/mol. The summed E-state index contributed by atoms with van der Waals surface area (Å²) >= 11 is 0. The van der Waals surface area contributed by atoms with E-state index < -0.39 is 0 Å². The number of rotatable bonds is 4. The largest absolute Gasteiger partial charge is 0.457 e. The predicted octanol–water partition coefficient (Wildman–Crippen LogP) is 3.12. The van der Waals surface area contributed by atoms with Crippen molar-refractivity contribution in [1.82, 2.24) is 10.2 Å². The van der Waals surface area contributed by atoms with Crippen molar-refractivity contribution >= 4 is 11.7 Å². The minimum atomic E-state index is 0.0247. The maximum absolute atomic E-state index is 12.5. The van der Waals surface area contributed by atoms with Crippen molar-refractivity contribution in [2.45, 2.75) is 19.9 Å². The van der Waals surface area contributed by atoms with Gasteiger partial charge in [0.25, 0.3) is 5.91 Å². The van der Waals surface area contributed by atoms with Crippen LogP contribution < -0.4 is 10.1 Å². The van der Waals surface area contributed by atoms with E-state index in [0.717, 1.165) is 19.6 Å². The van der Waals surface area contributed by atoms with Gasteiger partial charge in [0.1, 0.15) is 11.5 Å². The second-order valence-electron chi connectivity index (χ2n) is 6.31. The van der Waals surface area contributed by atoms with Gasteiger partial charge in [-0.1, -0.05) is 0 Å². The van der Waals surface area contributed by atoms with Crippen LogP contribution >= 0.6 is 0 Å². The highest BCUT2D eigenvalue weighted by Crippen LogP contribution is 2.22. The fraction of sp³-hybridized carbons (Fsp3) is 0.300. The number of piperazine rings is 1. The molecule has 0 radical (unpaired) electrons. The van der Waals surface area contributed by atoms with Crippen molar-refractivity contribution in [2.24, 2.45) is 0 Å². The molecule has 1 fully saturated rings. The molecule has 2 aromatic rings. The highest BCUT2D eigenvalue weighted by molar-refractivity contribution is 5.94. The molecule has 1 aliphatic rings. The summed E-state index contributed by atoms with van der Waals surface area (Å²) in [6, 6.07) is 14.5. The van der Waals surface area contributed by atoms with Crippen molar-refractivity contribution in [3.63, 3.8) is 0 Å². The molecule has 3 rings (SSSR count). The molecular formula is C20H22N2O3. The molecule has 1 saturated heterocycles. The molecule has 1 aliphatic heterocycles. The van der Waals surface area contributed by atoms with E-state index in [2.05, 4.69) is 12.2 Å². The molecule has 1 amide bonds. The first-order valence-corrected chi connectivity index (χ1v) is 8.44. The lowest BCUT2D eigenvalue weighted by Gasteiger charge is -2.32. The van der Waals surface area contributed by atoms with E-state index in [1.165, 1.54) is 6.92 Å². The normalized spacial score (nSPS) is 17.2. The number of ketones is 1. The van der Waals surface area contributed by atoms with Crippen LogP contribution in [0, 0.1) is 0 Å². The van der Waals surface area contributed by atoms with Gasteiger partial charge in [-0.05, 0) is 62.4 Å². The number of benzene rings is 2. The molecule has 25 heavy (non-hydrogen) atoms. The standard InChI is InChI=1S/C20H22N2O3/c1-14-13-22(12-11-21-14)20(24)17-5-9-19(10-6-17)25-18-7-3-16(4-8-18)15(2)23/h3-10,14,21H,11-13H2,1-2H3/t14-/m1/s1. The Labute approximate surface area is 147 Å². The van der Waals surface area contributed by atoms with Gasteiger partial charge in [-0.3, -0.25) is 9.59 Å². The van der Waals surface area contributed by atoms with Gasteiger partial charge >= 0.3 is 0 Å². The molecule has 0 saturated carbocycles. The average Bonchev–Trinajstić information content (AvgIpc) is 2.62. The lowest BCUT2D eigenvalue weighted by Crippen LogP contribution is -2.51. The summed E-state index contributed by atoms with van der Waals surface area (Å²) in [5.41, 5.74) is 1.31. The second-order valence-corrected chi connectivity index (χ2v) is 6.31. The molecule has 130 valence electrons. The minimum Gasteiger partial charge on any atom is -0.457 e. The number of nitrogens with zero attached hydrogens (tertiary/aromatic N) is 1. The number of amides is 1. The van der Waals surface area contributed by atoms with Crippen LogP contribution in [0.25, 0.3) is 0 Å². The summed E-state index contributed by atoms with van der Waals surface area (Å²) in [5.74, 6) is 1.38. The zero-order valence-corrected chi connectivity index (χ0v) is 14.5. The number of nitrogens with one attached hydrogen (secondary N) is 1. The molecule has 1 heterocycles. The first-order chi connectivity index (χ1) is 12.0. The van der Waals surface area contributed by atoms with Gasteiger partial charge in [0.2, 0.25) is 0 Å². The fourth-order valence-electron chi connectivity index (χ4n) is 2.86. The molecule has 2 aromatic carbocycles. The third-order valence-corrected chi connectivity index (χ3v) is 4.25. The molecule has 0 unspecified atom stereocenters. The molecule has 0 aliphatic carbocycles. The summed E-state index contributed by atoms with van der Waals surface area (Å²) in [6.07, 6.45) is 0. The van der Waals surface area contributed by atoms with E-state index in [1.54, 1.807) is 48.5 Å². The van der Waals surface area contributed by atoms with Gasteiger partial charge in [-0.25, -0.2) is 0 Å². The maximum atomic E-state index is 12.5. The highest BCUT2D eigenvalue weighted by atomic mass is 16.5. The maximum Gasteiger partial charge on any atom is 0.253 e. The monoisotopic (exact) mass is 338 g/mol. The second kappa shape index (κ2) is 7.49. The van der Waals surface area contributed by atoms with Gasteiger partial charge in [0.05, 0.1) is 0 Å². The molecule has 0 aromatic heterocycles. The Hall–Kier alpha value is -2.66. The quantitative estimate of drug-likeness (QED) is 0.870. The lowest BCUT2D eigenvalue weighted by molar-refractivity contribution is 0.0709. The number of carbonyl (C=O) groups excluding carboxylic acids is 2. The summed E-state index contributed by atoms with van der Waals surface area (Å²) < 4.78 is 5.76. The molecule has 5 heteroatoms. The van der Waals surface area contributed by atoms with Crippen molar-refractivity contribution in [3.8, 4) is 11.5 Å². The third kappa shape index (κ3) is 4.25. The van der Waals surface area contributed by atoms with Crippen LogP contribution in [-0.4, -0.2) is 42.3 Å². The Balaban J connectivity index is 1.65. The number of ether oxygens (including phenoxy) is 1. The van der Waals surface area contributed by atoms with Crippen molar-refractivity contribution in [2.75, 3.05) is 19.6 Å². The van der Waals surface area contributed by atoms with Crippen molar-refractivity contribution in [3.05, 3.63) is 59.7 Å². The minimum absolute atomic E-state index is 0.0247. The van der Waals surface area contributed by atoms with Gasteiger partial charge in [0, 0.05) is 36.8 Å². The van der Waals surface area contributed by atoms with Crippen LogP contribution in [0.15, 0.2) is 48.5 Å². The van der Waals surface area contributed by atoms with Crippen molar-refractivity contribution < 1.29 is 14.3 Å². The number of hydrogen-bond acceptors (Lipinski definition) is 4. The number of Topliss-reactive ketones (excluding diaryl/α,β-unsaturated/α-hetero) is 1. The Bertz CT molecular complexity index is 754. The van der Waals surface area contributed by atoms with Crippen LogP contribution in [0.3, 0.4) is 0 Å². The molecule has 1 atom stereocenters. The highest BCUT2D eigenvalue weighted by Gasteiger charge is 2.21. The van der Waals surface area contributed by atoms with E-state index in [1.807, 2.05) is 4.90 Å². The first kappa shape index (κ1) is 17.2. The molecule has 1 N–H and O–H groups in total. The summed E-state index contributed by atoms with van der Waals surface area (Å²) in [5, 5.41) is 3.33. The van der Waals surface area contributed by atoms with Gasteiger partial charge < -0.3 is 15.0 Å². The fourth-order valence-corrected chi connectivity index (χ4v) is 2.86. The Morgan fingerprint density at radius 3 is 2.08 bits per heavy atom. The topological polar surface area (TPSA) is 58.6 Å². The zero-order chi connectivity index (χ0) is 17.8. The van der Waals surface area contributed by atoms with E-state index in [-0.39, 0.29) is 11.7 Å². The van der Waals surface area contributed by atoms with E-state index >= 15 is 0 Å². The third-order valence-electron chi connectivity index (χ3n) is 4.25. The summed E-state index contributed by atoms with van der Waals surface area (Å²) in [7, 11) is 0. The molecule has 5 nitrogen and oxygen atoms in total. The smallest absolute Gasteiger partial charge is 0.253 e. The number of hydrogen-bond donors (Lipinski definition) is 1. The SMILES string of the molecule is CC(=O)c1ccc(Oc2ccc(C(=O)N3CCN[C@H](C)C3)cc2)cc1. The van der Waals surface area contributed by atoms with E-state index in [0.29, 0.717) is 28.7 Å². The lowest BCUT2D eigenvalue weighted by atomic mass is 10.1. The Morgan fingerprint density at radius 1 is 1.00 bits per heavy atom. The summed E-state index contributed by atoms with van der Waals surface area (Å²) in [4.78, 5) is 25.7. The van der Waals surface area contributed by atoms with Gasteiger partial charge in [0.15, 0.2) is 5.78 Å². The first-order valence-electron chi connectivity index (χ1n) is 8.44. The molecule has 0 spiro atoms. The van der Waals surface area contributed by atoms with E-state index in [9.17, 15) is 9.59 Å². The zero-order valence-electron chi connectivity index (χ0n) is 14.5. The van der Waals surface area contributed by atoms with Crippen LogP contribution in [0.2, 0.25) is 0 Å². The summed E-state index contributed by atoms with van der Waals surface area (Å²) in [6.45, 7) is 5.88. The van der Waals surface area contributed by atoms with Crippen LogP contribution in [0.1, 0.15) is 34.6 Å². The Morgan fingerprint density at radius 2 is 1.56 bits per heavy atom. The Kier molecular flexibility index (Phi) is 5.14. The van der Waals surface area contributed by atoms with Crippen molar-refractivity contribution in [1.29, 1.82) is 0 Å². The van der Waals surface area contributed by atoms with Gasteiger partial charge in [-0.15, -0.1) is 0 Å². The molecule has 0 bridgehead atoms.